The van der Waals surface area contributed by atoms with Gasteiger partial charge in [0, 0.05) is 6.42 Å². The van der Waals surface area contributed by atoms with Crippen LogP contribution in [0.15, 0.2) is 29.1 Å². The number of amides is 2. The summed E-state index contributed by atoms with van der Waals surface area (Å²) >= 11 is 0. The second kappa shape index (κ2) is 6.93. The maximum Gasteiger partial charge on any atom is 0.278 e. The molecule has 0 unspecified atom stereocenters. The summed E-state index contributed by atoms with van der Waals surface area (Å²) in [5.74, 6) is 1.68. The molecular weight excluding hydrogens is 370 g/mol. The largest absolute Gasteiger partial charge is 0.278 e. The van der Waals surface area contributed by atoms with Crippen molar-refractivity contribution < 1.29 is 9.59 Å². The highest BCUT2D eigenvalue weighted by molar-refractivity contribution is 5.82. The number of hydrogen-bond donors (Lipinski definition) is 2. The van der Waals surface area contributed by atoms with E-state index in [4.69, 9.17) is 0 Å². The molecule has 1 aromatic carbocycles. The molecule has 4 fully saturated rings. The molecule has 0 radical (unpaired) electrons. The van der Waals surface area contributed by atoms with Gasteiger partial charge in [-0.05, 0) is 73.8 Å². The van der Waals surface area contributed by atoms with E-state index in [-0.39, 0.29) is 23.4 Å². The van der Waals surface area contributed by atoms with Gasteiger partial charge in [0.05, 0.1) is 5.39 Å². The van der Waals surface area contributed by atoms with E-state index < -0.39 is 5.91 Å². The number of carbonyl (C=O) groups is 2. The fourth-order valence-corrected chi connectivity index (χ4v) is 6.33. The molecule has 4 saturated carbocycles. The van der Waals surface area contributed by atoms with E-state index in [9.17, 15) is 14.4 Å². The molecule has 8 nitrogen and oxygen atoms in total. The van der Waals surface area contributed by atoms with Crippen LogP contribution in [0.3, 0.4) is 0 Å². The lowest BCUT2D eigenvalue weighted by Gasteiger charge is -2.56. The van der Waals surface area contributed by atoms with Crippen LogP contribution >= 0.6 is 0 Å². The number of carbonyl (C=O) groups excluding carboxylic acids is 2. The first kappa shape index (κ1) is 18.3. The monoisotopic (exact) mass is 395 g/mol. The van der Waals surface area contributed by atoms with Crippen molar-refractivity contribution in [1.82, 2.24) is 25.8 Å². The Balaban J connectivity index is 1.18. The van der Waals surface area contributed by atoms with Gasteiger partial charge in [0.1, 0.15) is 12.1 Å². The Hall–Kier alpha value is -2.77. The van der Waals surface area contributed by atoms with Gasteiger partial charge in [-0.2, -0.15) is 0 Å². The molecule has 8 heteroatoms. The van der Waals surface area contributed by atoms with Gasteiger partial charge in [0.15, 0.2) is 0 Å². The number of rotatable bonds is 4. The Morgan fingerprint density at radius 1 is 1.00 bits per heavy atom. The molecule has 1 heterocycles. The van der Waals surface area contributed by atoms with E-state index in [1.165, 1.54) is 19.3 Å². The third-order valence-electron chi connectivity index (χ3n) is 6.96. The highest BCUT2D eigenvalue weighted by atomic mass is 16.2. The number of aromatic nitrogens is 3. The average Bonchev–Trinajstić information content (AvgIpc) is 2.67. The van der Waals surface area contributed by atoms with Gasteiger partial charge in [0.2, 0.25) is 5.91 Å². The summed E-state index contributed by atoms with van der Waals surface area (Å²) in [6, 6.07) is 6.85. The summed E-state index contributed by atoms with van der Waals surface area (Å²) in [5, 5.41) is 8.16. The molecule has 4 aliphatic carbocycles. The zero-order chi connectivity index (χ0) is 20.0. The summed E-state index contributed by atoms with van der Waals surface area (Å²) in [6.45, 7) is -0.297. The summed E-state index contributed by atoms with van der Waals surface area (Å²) in [5.41, 5.74) is 5.17. The molecule has 29 heavy (non-hydrogen) atoms. The SMILES string of the molecule is O=C(Cn1nnc2ccccc2c1=O)NNC(=O)CC12CC3CC(CC(C3)C1)C2. The van der Waals surface area contributed by atoms with Crippen LogP contribution in [0.25, 0.3) is 10.9 Å². The highest BCUT2D eigenvalue weighted by Gasteiger charge is 2.51. The Kier molecular flexibility index (Phi) is 4.37. The van der Waals surface area contributed by atoms with Crippen molar-refractivity contribution in [3.8, 4) is 0 Å². The molecule has 4 aliphatic rings. The standard InChI is InChI=1S/C21H25N5O3/c27-18(11-21-8-13-5-14(9-21)7-15(6-13)10-21)23-24-19(28)12-26-20(29)16-3-1-2-4-17(16)22-25-26/h1-4,13-15H,5-12H2,(H,23,27)(H,24,28). The number of nitrogens with one attached hydrogen (secondary N) is 2. The summed E-state index contributed by atoms with van der Waals surface area (Å²) < 4.78 is 1.00. The lowest BCUT2D eigenvalue weighted by molar-refractivity contribution is -0.134. The van der Waals surface area contributed by atoms with Crippen LogP contribution in [0.2, 0.25) is 0 Å². The Morgan fingerprint density at radius 2 is 1.62 bits per heavy atom. The molecule has 0 aliphatic heterocycles. The molecule has 2 aromatic rings. The zero-order valence-electron chi connectivity index (χ0n) is 16.3. The first-order valence-corrected chi connectivity index (χ1v) is 10.4. The van der Waals surface area contributed by atoms with Crippen LogP contribution in [-0.2, 0) is 16.1 Å². The van der Waals surface area contributed by atoms with Gasteiger partial charge in [-0.25, -0.2) is 4.68 Å². The quantitative estimate of drug-likeness (QED) is 0.764. The maximum atomic E-state index is 12.5. The highest BCUT2D eigenvalue weighted by Crippen LogP contribution is 2.61. The van der Waals surface area contributed by atoms with Crippen molar-refractivity contribution in [3.05, 3.63) is 34.6 Å². The van der Waals surface area contributed by atoms with Gasteiger partial charge >= 0.3 is 0 Å². The predicted molar refractivity (Wildman–Crippen MR) is 105 cm³/mol. The minimum atomic E-state index is -0.504. The number of benzene rings is 1. The smallest absolute Gasteiger partial charge is 0.273 e. The zero-order valence-corrected chi connectivity index (χ0v) is 16.3. The van der Waals surface area contributed by atoms with Crippen molar-refractivity contribution in [3.63, 3.8) is 0 Å². The summed E-state index contributed by atoms with van der Waals surface area (Å²) in [4.78, 5) is 37.1. The predicted octanol–water partition coefficient (Wildman–Crippen LogP) is 1.55. The molecule has 6 rings (SSSR count). The Morgan fingerprint density at radius 3 is 2.31 bits per heavy atom. The summed E-state index contributed by atoms with van der Waals surface area (Å²) in [7, 11) is 0. The minimum absolute atomic E-state index is 0.115. The normalized spacial score (nSPS) is 29.7. The van der Waals surface area contributed by atoms with E-state index >= 15 is 0 Å². The van der Waals surface area contributed by atoms with Crippen LogP contribution in [0.4, 0.5) is 0 Å². The van der Waals surface area contributed by atoms with Crippen molar-refractivity contribution in [2.24, 2.45) is 23.2 Å². The van der Waals surface area contributed by atoms with Gasteiger partial charge < -0.3 is 0 Å². The molecule has 1 aromatic heterocycles. The van der Waals surface area contributed by atoms with E-state index in [2.05, 4.69) is 21.2 Å². The third-order valence-corrected chi connectivity index (χ3v) is 6.96. The average molecular weight is 395 g/mol. The molecule has 0 saturated heterocycles. The second-order valence-electron chi connectivity index (χ2n) is 9.26. The fraction of sp³-hybridized carbons (Fsp3) is 0.571. The molecule has 152 valence electrons. The van der Waals surface area contributed by atoms with Crippen LogP contribution in [0, 0.1) is 23.2 Å². The van der Waals surface area contributed by atoms with E-state index in [1.807, 2.05) is 0 Å². The second-order valence-corrected chi connectivity index (χ2v) is 9.26. The van der Waals surface area contributed by atoms with Crippen LogP contribution in [-0.4, -0.2) is 26.8 Å². The molecular formula is C21H25N5O3. The van der Waals surface area contributed by atoms with E-state index in [0.29, 0.717) is 17.3 Å². The number of fused-ring (bicyclic) bond motifs is 1. The van der Waals surface area contributed by atoms with Crippen LogP contribution in [0.5, 0.6) is 0 Å². The topological polar surface area (TPSA) is 106 Å². The van der Waals surface area contributed by atoms with E-state index in [0.717, 1.165) is 41.7 Å². The van der Waals surface area contributed by atoms with E-state index in [1.54, 1.807) is 24.3 Å². The summed E-state index contributed by atoms with van der Waals surface area (Å²) in [6.07, 6.45) is 7.89. The molecule has 2 amide bonds. The van der Waals surface area contributed by atoms with Crippen molar-refractivity contribution in [2.75, 3.05) is 0 Å². The minimum Gasteiger partial charge on any atom is -0.273 e. The van der Waals surface area contributed by atoms with Crippen LogP contribution < -0.4 is 16.4 Å². The molecule has 0 atom stereocenters. The molecule has 4 bridgehead atoms. The van der Waals surface area contributed by atoms with Gasteiger partial charge in [-0.15, -0.1) is 5.10 Å². The lowest BCUT2D eigenvalue weighted by Crippen LogP contribution is -2.50. The van der Waals surface area contributed by atoms with Crippen LogP contribution in [0.1, 0.15) is 44.9 Å². The molecule has 2 N–H and O–H groups in total. The molecule has 0 spiro atoms. The number of hydrazine groups is 1. The Labute approximate surface area is 168 Å². The first-order valence-electron chi connectivity index (χ1n) is 10.4. The van der Waals surface area contributed by atoms with Crippen molar-refractivity contribution in [1.29, 1.82) is 0 Å². The lowest BCUT2D eigenvalue weighted by atomic mass is 9.49. The van der Waals surface area contributed by atoms with Gasteiger partial charge in [-0.3, -0.25) is 25.2 Å². The Bertz CT molecular complexity index is 995. The van der Waals surface area contributed by atoms with Gasteiger partial charge in [0.25, 0.3) is 11.5 Å². The first-order chi connectivity index (χ1) is 14.0. The van der Waals surface area contributed by atoms with Crippen molar-refractivity contribution >= 4 is 22.7 Å². The fourth-order valence-electron chi connectivity index (χ4n) is 6.33. The maximum absolute atomic E-state index is 12.5. The third kappa shape index (κ3) is 3.52. The van der Waals surface area contributed by atoms with Gasteiger partial charge in [-0.1, -0.05) is 17.3 Å². The van der Waals surface area contributed by atoms with Crippen molar-refractivity contribution in [2.45, 2.75) is 51.5 Å². The number of hydrogen-bond acceptors (Lipinski definition) is 5. The number of nitrogens with zero attached hydrogens (tertiary/aromatic N) is 3.